The number of hydrogen-bond donors (Lipinski definition) is 1. The van der Waals surface area contributed by atoms with E-state index in [0.29, 0.717) is 24.9 Å². The average Bonchev–Trinajstić information content (AvgIpc) is 2.87. The van der Waals surface area contributed by atoms with Gasteiger partial charge in [-0.15, -0.1) is 0 Å². The maximum absolute atomic E-state index is 14.1. The van der Waals surface area contributed by atoms with Crippen LogP contribution in [0.4, 0.5) is 10.1 Å². The Hall–Kier alpha value is -1.13. The van der Waals surface area contributed by atoms with E-state index in [1.807, 2.05) is 12.1 Å². The van der Waals surface area contributed by atoms with Crippen LogP contribution >= 0.6 is 0 Å². The number of halogens is 1. The van der Waals surface area contributed by atoms with Crippen molar-refractivity contribution in [3.8, 4) is 0 Å². The molecule has 2 aliphatic rings. The largest absolute Gasteiger partial charge is 0.374 e. The van der Waals surface area contributed by atoms with Crippen LogP contribution in [0.2, 0.25) is 0 Å². The summed E-state index contributed by atoms with van der Waals surface area (Å²) in [5.74, 6) is -0.162. The molecule has 2 fully saturated rings. The minimum Gasteiger partial charge on any atom is -0.374 e. The van der Waals surface area contributed by atoms with Gasteiger partial charge in [-0.1, -0.05) is 6.07 Å². The lowest BCUT2D eigenvalue weighted by Crippen LogP contribution is -2.49. The molecule has 1 aromatic carbocycles. The second kappa shape index (κ2) is 4.86. The van der Waals surface area contributed by atoms with E-state index < -0.39 is 0 Å². The quantitative estimate of drug-likeness (QED) is 0.873. The number of morpholine rings is 1. The van der Waals surface area contributed by atoms with Crippen LogP contribution in [0.15, 0.2) is 18.2 Å². The molecule has 1 aromatic rings. The highest BCUT2D eigenvalue weighted by atomic mass is 19.1. The van der Waals surface area contributed by atoms with Crippen LogP contribution in [0.5, 0.6) is 0 Å². The van der Waals surface area contributed by atoms with Gasteiger partial charge in [0.2, 0.25) is 0 Å². The van der Waals surface area contributed by atoms with Gasteiger partial charge in [0.15, 0.2) is 0 Å². The predicted octanol–water partition coefficient (Wildman–Crippen LogP) is 2.04. The highest BCUT2D eigenvalue weighted by Gasteiger charge is 2.36. The Kier molecular flexibility index (Phi) is 3.22. The molecule has 18 heavy (non-hydrogen) atoms. The standard InChI is InChI=1S/C14H19FN2O/c15-11-8-10(9-16)4-5-12(11)17-6-7-18-14-3-1-2-13(14)17/h4-5,8,13-14H,1-3,6-7,9,16H2. The summed E-state index contributed by atoms with van der Waals surface area (Å²) in [5, 5.41) is 0. The zero-order valence-electron chi connectivity index (χ0n) is 10.4. The molecule has 0 spiro atoms. The number of ether oxygens (including phenoxy) is 1. The molecule has 4 heteroatoms. The lowest BCUT2D eigenvalue weighted by Gasteiger charge is -2.39. The molecule has 1 aliphatic carbocycles. The summed E-state index contributed by atoms with van der Waals surface area (Å²) in [5.41, 5.74) is 7.07. The van der Waals surface area contributed by atoms with Gasteiger partial charge in [-0.3, -0.25) is 0 Å². The SMILES string of the molecule is NCc1ccc(N2CCOC3CCCC32)c(F)c1. The van der Waals surface area contributed by atoms with Crippen LogP contribution in [0, 0.1) is 5.82 Å². The van der Waals surface area contributed by atoms with E-state index in [-0.39, 0.29) is 11.9 Å². The molecule has 3 rings (SSSR count). The molecule has 1 aliphatic heterocycles. The fourth-order valence-corrected chi connectivity index (χ4v) is 3.14. The first-order valence-corrected chi connectivity index (χ1v) is 6.66. The third-order valence-corrected chi connectivity index (χ3v) is 4.04. The first kappa shape index (κ1) is 11.9. The maximum Gasteiger partial charge on any atom is 0.146 e. The molecule has 2 atom stereocenters. The molecule has 98 valence electrons. The van der Waals surface area contributed by atoms with E-state index in [2.05, 4.69) is 4.90 Å². The zero-order valence-corrected chi connectivity index (χ0v) is 10.4. The van der Waals surface area contributed by atoms with Crippen molar-refractivity contribution in [2.75, 3.05) is 18.1 Å². The summed E-state index contributed by atoms with van der Waals surface area (Å²) in [6.07, 6.45) is 3.66. The first-order valence-electron chi connectivity index (χ1n) is 6.66. The Morgan fingerprint density at radius 2 is 2.28 bits per heavy atom. The van der Waals surface area contributed by atoms with Crippen LogP contribution in [0.3, 0.4) is 0 Å². The van der Waals surface area contributed by atoms with Crippen molar-refractivity contribution in [3.05, 3.63) is 29.6 Å². The highest BCUT2D eigenvalue weighted by molar-refractivity contribution is 5.51. The lowest BCUT2D eigenvalue weighted by molar-refractivity contribution is 0.0254. The Labute approximate surface area is 107 Å². The molecule has 2 unspecified atom stereocenters. The fraction of sp³-hybridized carbons (Fsp3) is 0.571. The van der Waals surface area contributed by atoms with Gasteiger partial charge < -0.3 is 15.4 Å². The van der Waals surface area contributed by atoms with Gasteiger partial charge in [-0.2, -0.15) is 0 Å². The van der Waals surface area contributed by atoms with Gasteiger partial charge in [0, 0.05) is 13.1 Å². The molecule has 1 saturated heterocycles. The molecule has 1 heterocycles. The Morgan fingerprint density at radius 1 is 1.39 bits per heavy atom. The smallest absolute Gasteiger partial charge is 0.146 e. The summed E-state index contributed by atoms with van der Waals surface area (Å²) >= 11 is 0. The summed E-state index contributed by atoms with van der Waals surface area (Å²) in [6, 6.07) is 5.67. The minimum absolute atomic E-state index is 0.162. The second-order valence-corrected chi connectivity index (χ2v) is 5.09. The minimum atomic E-state index is -0.162. The van der Waals surface area contributed by atoms with E-state index in [4.69, 9.17) is 10.5 Å². The van der Waals surface area contributed by atoms with Crippen molar-refractivity contribution < 1.29 is 9.13 Å². The molecule has 3 nitrogen and oxygen atoms in total. The maximum atomic E-state index is 14.1. The average molecular weight is 250 g/mol. The number of benzene rings is 1. The van der Waals surface area contributed by atoms with Crippen LogP contribution in [0.1, 0.15) is 24.8 Å². The molecule has 1 saturated carbocycles. The molecule has 0 amide bonds. The van der Waals surface area contributed by atoms with Gasteiger partial charge in [0.25, 0.3) is 0 Å². The Bertz CT molecular complexity index is 438. The Balaban J connectivity index is 1.89. The number of nitrogens with two attached hydrogens (primary N) is 1. The monoisotopic (exact) mass is 250 g/mol. The molecule has 0 bridgehead atoms. The van der Waals surface area contributed by atoms with E-state index in [1.165, 1.54) is 6.42 Å². The van der Waals surface area contributed by atoms with Gasteiger partial charge in [-0.25, -0.2) is 4.39 Å². The van der Waals surface area contributed by atoms with E-state index >= 15 is 0 Å². The molecule has 0 aromatic heterocycles. The van der Waals surface area contributed by atoms with Gasteiger partial charge in [0.1, 0.15) is 5.82 Å². The number of fused-ring (bicyclic) bond motifs is 1. The summed E-state index contributed by atoms with van der Waals surface area (Å²) in [4.78, 5) is 2.18. The topological polar surface area (TPSA) is 38.5 Å². The lowest BCUT2D eigenvalue weighted by atomic mass is 10.1. The van der Waals surface area contributed by atoms with Crippen molar-refractivity contribution in [1.29, 1.82) is 0 Å². The van der Waals surface area contributed by atoms with E-state index in [0.717, 1.165) is 24.9 Å². The summed E-state index contributed by atoms with van der Waals surface area (Å²) in [7, 11) is 0. The van der Waals surface area contributed by atoms with Gasteiger partial charge >= 0.3 is 0 Å². The molecular weight excluding hydrogens is 231 g/mol. The van der Waals surface area contributed by atoms with Crippen molar-refractivity contribution in [3.63, 3.8) is 0 Å². The number of anilines is 1. The summed E-state index contributed by atoms with van der Waals surface area (Å²) < 4.78 is 19.9. The van der Waals surface area contributed by atoms with Gasteiger partial charge in [0.05, 0.1) is 24.4 Å². The van der Waals surface area contributed by atoms with E-state index in [1.54, 1.807) is 6.07 Å². The highest BCUT2D eigenvalue weighted by Crippen LogP contribution is 2.34. The Morgan fingerprint density at radius 3 is 3.06 bits per heavy atom. The normalized spacial score (nSPS) is 27.3. The number of hydrogen-bond acceptors (Lipinski definition) is 3. The first-order chi connectivity index (χ1) is 8.79. The number of nitrogens with zero attached hydrogens (tertiary/aromatic N) is 1. The molecular formula is C14H19FN2O. The second-order valence-electron chi connectivity index (χ2n) is 5.09. The van der Waals surface area contributed by atoms with Crippen LogP contribution < -0.4 is 10.6 Å². The third-order valence-electron chi connectivity index (χ3n) is 4.04. The fourth-order valence-electron chi connectivity index (χ4n) is 3.14. The summed E-state index contributed by atoms with van der Waals surface area (Å²) in [6.45, 7) is 1.85. The predicted molar refractivity (Wildman–Crippen MR) is 69.0 cm³/mol. The van der Waals surface area contributed by atoms with Crippen LogP contribution in [-0.4, -0.2) is 25.3 Å². The van der Waals surface area contributed by atoms with Gasteiger partial charge in [-0.05, 0) is 37.0 Å². The van der Waals surface area contributed by atoms with E-state index in [9.17, 15) is 4.39 Å². The number of rotatable bonds is 2. The zero-order chi connectivity index (χ0) is 12.5. The van der Waals surface area contributed by atoms with Crippen LogP contribution in [0.25, 0.3) is 0 Å². The van der Waals surface area contributed by atoms with Crippen LogP contribution in [-0.2, 0) is 11.3 Å². The van der Waals surface area contributed by atoms with Crippen molar-refractivity contribution in [2.45, 2.75) is 38.0 Å². The van der Waals surface area contributed by atoms with Crippen molar-refractivity contribution in [2.24, 2.45) is 5.73 Å². The third kappa shape index (κ3) is 1.99. The van der Waals surface area contributed by atoms with Crippen molar-refractivity contribution >= 4 is 5.69 Å². The molecule has 2 N–H and O–H groups in total. The molecule has 0 radical (unpaired) electrons. The van der Waals surface area contributed by atoms with Crippen molar-refractivity contribution in [1.82, 2.24) is 0 Å².